The van der Waals surface area contributed by atoms with E-state index in [4.69, 9.17) is 4.74 Å². The van der Waals surface area contributed by atoms with E-state index in [1.165, 1.54) is 19.2 Å². The van der Waals surface area contributed by atoms with E-state index < -0.39 is 26.5 Å². The molecule has 0 atom stereocenters. The van der Waals surface area contributed by atoms with Crippen LogP contribution < -0.4 is 10.1 Å². The molecular weight excluding hydrogens is 470 g/mol. The van der Waals surface area contributed by atoms with Crippen LogP contribution in [0, 0.1) is 6.92 Å². The summed E-state index contributed by atoms with van der Waals surface area (Å²) in [6.45, 7) is 1.87. The number of carbonyl (C=O) groups excluding carboxylic acids is 1. The highest BCUT2D eigenvalue weighted by molar-refractivity contribution is 7.86. The number of ether oxygens (including phenoxy) is 1. The molecule has 0 aliphatic rings. The van der Waals surface area contributed by atoms with Gasteiger partial charge in [0, 0.05) is 16.6 Å². The molecule has 9 nitrogen and oxygen atoms in total. The van der Waals surface area contributed by atoms with E-state index in [0.717, 1.165) is 11.6 Å². The summed E-state index contributed by atoms with van der Waals surface area (Å²) in [5, 5.41) is 21.9. The van der Waals surface area contributed by atoms with E-state index in [2.05, 4.69) is 15.5 Å². The number of rotatable bonds is 6. The predicted octanol–water partition coefficient (Wildman–Crippen LogP) is 5.78. The quantitative estimate of drug-likeness (QED) is 0.231. The molecule has 0 aromatic heterocycles. The van der Waals surface area contributed by atoms with Crippen molar-refractivity contribution in [1.29, 1.82) is 0 Å². The zero-order valence-electron chi connectivity index (χ0n) is 18.8. The van der Waals surface area contributed by atoms with Crippen LogP contribution in [0.25, 0.3) is 10.8 Å². The smallest absolute Gasteiger partial charge is 0.296 e. The molecule has 0 saturated carbocycles. The number of phenols is 1. The number of anilines is 1. The van der Waals surface area contributed by atoms with Crippen LogP contribution in [0.15, 0.2) is 87.9 Å². The number of carbonyl (C=O) groups is 1. The van der Waals surface area contributed by atoms with Crippen molar-refractivity contribution in [2.75, 3.05) is 12.4 Å². The Labute approximate surface area is 201 Å². The van der Waals surface area contributed by atoms with Crippen LogP contribution in [0.2, 0.25) is 0 Å². The lowest BCUT2D eigenvalue weighted by Gasteiger charge is -2.11. The van der Waals surface area contributed by atoms with Crippen molar-refractivity contribution in [3.63, 3.8) is 0 Å². The molecule has 4 aromatic carbocycles. The number of amides is 1. The summed E-state index contributed by atoms with van der Waals surface area (Å²) in [7, 11) is -3.25. The first kappa shape index (κ1) is 23.9. The fourth-order valence-electron chi connectivity index (χ4n) is 3.47. The summed E-state index contributed by atoms with van der Waals surface area (Å²) in [5.74, 6) is -0.234. The Kier molecular flexibility index (Phi) is 6.50. The van der Waals surface area contributed by atoms with E-state index in [0.29, 0.717) is 22.7 Å². The van der Waals surface area contributed by atoms with E-state index >= 15 is 0 Å². The third kappa shape index (κ3) is 5.29. The van der Waals surface area contributed by atoms with Gasteiger partial charge in [-0.1, -0.05) is 17.7 Å². The molecule has 0 saturated heterocycles. The Morgan fingerprint density at radius 1 is 0.971 bits per heavy atom. The van der Waals surface area contributed by atoms with Gasteiger partial charge < -0.3 is 15.2 Å². The zero-order valence-corrected chi connectivity index (χ0v) is 19.6. The van der Waals surface area contributed by atoms with Crippen LogP contribution in [0.1, 0.15) is 15.9 Å². The number of hydrogen-bond donors (Lipinski definition) is 3. The molecule has 1 amide bonds. The summed E-state index contributed by atoms with van der Waals surface area (Å²) in [6, 6.07) is 19.2. The minimum atomic E-state index is -4.77. The number of aryl methyl sites for hydroxylation is 1. The number of phenolic OH excluding ortho intramolecular Hbond substituents is 1. The van der Waals surface area contributed by atoms with Crippen molar-refractivity contribution in [3.8, 4) is 11.5 Å². The number of azo groups is 1. The molecule has 4 aromatic rings. The topological polar surface area (TPSA) is 138 Å². The molecule has 3 N–H and O–H groups in total. The molecule has 0 aliphatic carbocycles. The van der Waals surface area contributed by atoms with Gasteiger partial charge >= 0.3 is 0 Å². The fourth-order valence-corrected chi connectivity index (χ4v) is 4.13. The fraction of sp³-hybridized carbons (Fsp3) is 0.0800. The second kappa shape index (κ2) is 9.53. The molecule has 0 unspecified atom stereocenters. The lowest BCUT2D eigenvalue weighted by atomic mass is 10.1. The summed E-state index contributed by atoms with van der Waals surface area (Å²) < 4.78 is 39.0. The van der Waals surface area contributed by atoms with Gasteiger partial charge in [0.2, 0.25) is 0 Å². The standard InChI is InChI=1S/C25H21N3O6S/c1-15-4-3-5-16(12-15)25(30)26-19-8-11-21-17(13-19)14-22(35(31,32)33)23(24(21)29)28-27-18-6-9-20(34-2)10-7-18/h3-14,29H,1-2H3,(H,26,30)(H,31,32,33). The van der Waals surface area contributed by atoms with Crippen molar-refractivity contribution in [2.45, 2.75) is 11.8 Å². The molecule has 0 radical (unpaired) electrons. The van der Waals surface area contributed by atoms with Gasteiger partial charge in [-0.25, -0.2) is 0 Å². The second-order valence-corrected chi connectivity index (χ2v) is 9.09. The number of fused-ring (bicyclic) bond motifs is 1. The molecule has 10 heteroatoms. The van der Waals surface area contributed by atoms with Crippen LogP contribution in [-0.2, 0) is 10.1 Å². The molecule has 0 bridgehead atoms. The number of benzene rings is 4. The van der Waals surface area contributed by atoms with Gasteiger partial charge in [-0.3, -0.25) is 9.35 Å². The summed E-state index contributed by atoms with van der Waals surface area (Å²) in [6.07, 6.45) is 0. The largest absolute Gasteiger partial charge is 0.505 e. The van der Waals surface area contributed by atoms with Crippen LogP contribution in [0.3, 0.4) is 0 Å². The van der Waals surface area contributed by atoms with Crippen molar-refractivity contribution in [3.05, 3.63) is 83.9 Å². The zero-order chi connectivity index (χ0) is 25.2. The van der Waals surface area contributed by atoms with Crippen LogP contribution in [0.5, 0.6) is 11.5 Å². The monoisotopic (exact) mass is 491 g/mol. The second-order valence-electron chi connectivity index (χ2n) is 7.70. The van der Waals surface area contributed by atoms with Gasteiger partial charge in [-0.15, -0.1) is 5.11 Å². The molecule has 0 heterocycles. The third-order valence-corrected chi connectivity index (χ3v) is 6.07. The first-order valence-electron chi connectivity index (χ1n) is 10.4. The number of aromatic hydroxyl groups is 1. The molecule has 178 valence electrons. The Morgan fingerprint density at radius 3 is 2.37 bits per heavy atom. The first-order valence-corrected chi connectivity index (χ1v) is 11.8. The van der Waals surface area contributed by atoms with Gasteiger partial charge in [0.15, 0.2) is 5.75 Å². The van der Waals surface area contributed by atoms with E-state index in [1.54, 1.807) is 48.5 Å². The van der Waals surface area contributed by atoms with Gasteiger partial charge in [0.25, 0.3) is 16.0 Å². The number of hydrogen-bond acceptors (Lipinski definition) is 7. The van der Waals surface area contributed by atoms with E-state index in [-0.39, 0.29) is 16.7 Å². The lowest BCUT2D eigenvalue weighted by Crippen LogP contribution is -2.11. The van der Waals surface area contributed by atoms with Gasteiger partial charge in [0.1, 0.15) is 16.3 Å². The number of nitrogens with zero attached hydrogens (tertiary/aromatic N) is 2. The summed E-state index contributed by atoms with van der Waals surface area (Å²) >= 11 is 0. The Bertz CT molecular complexity index is 1560. The molecule has 0 spiro atoms. The average molecular weight is 492 g/mol. The minimum Gasteiger partial charge on any atom is -0.505 e. The van der Waals surface area contributed by atoms with Crippen molar-refractivity contribution in [2.24, 2.45) is 10.2 Å². The lowest BCUT2D eigenvalue weighted by molar-refractivity contribution is 0.102. The number of nitrogens with one attached hydrogen (secondary N) is 1. The van der Waals surface area contributed by atoms with Gasteiger partial charge in [-0.2, -0.15) is 13.5 Å². The van der Waals surface area contributed by atoms with Gasteiger partial charge in [0.05, 0.1) is 12.8 Å². The highest BCUT2D eigenvalue weighted by atomic mass is 32.2. The highest BCUT2D eigenvalue weighted by Crippen LogP contribution is 2.42. The molecule has 4 rings (SSSR count). The average Bonchev–Trinajstić information content (AvgIpc) is 2.83. The van der Waals surface area contributed by atoms with E-state index in [9.17, 15) is 22.9 Å². The molecule has 0 fully saturated rings. The van der Waals surface area contributed by atoms with Crippen molar-refractivity contribution in [1.82, 2.24) is 0 Å². The summed E-state index contributed by atoms with van der Waals surface area (Å²) in [5.41, 5.74) is 1.72. The van der Waals surface area contributed by atoms with Crippen LogP contribution >= 0.6 is 0 Å². The molecule has 35 heavy (non-hydrogen) atoms. The van der Waals surface area contributed by atoms with Gasteiger partial charge in [-0.05, 0) is 73.0 Å². The Morgan fingerprint density at radius 2 is 1.71 bits per heavy atom. The molecular formula is C25H21N3O6S. The van der Waals surface area contributed by atoms with Crippen molar-refractivity contribution >= 4 is 43.9 Å². The van der Waals surface area contributed by atoms with Crippen LogP contribution in [0.4, 0.5) is 17.1 Å². The third-order valence-electron chi connectivity index (χ3n) is 5.20. The maximum Gasteiger partial charge on any atom is 0.296 e. The Hall–Kier alpha value is -4.28. The number of methoxy groups -OCH3 is 1. The highest BCUT2D eigenvalue weighted by Gasteiger charge is 2.22. The maximum absolute atomic E-state index is 12.6. The first-order chi connectivity index (χ1) is 16.7. The van der Waals surface area contributed by atoms with E-state index in [1.807, 2.05) is 13.0 Å². The minimum absolute atomic E-state index is 0.259. The Balaban J connectivity index is 1.74. The SMILES string of the molecule is COc1ccc(N=Nc2c(S(=O)(=O)O)cc3cc(NC(=O)c4cccc(C)c4)ccc3c2O)cc1. The predicted molar refractivity (Wildman–Crippen MR) is 132 cm³/mol. The summed E-state index contributed by atoms with van der Waals surface area (Å²) in [4.78, 5) is 12.0. The van der Waals surface area contributed by atoms with Crippen LogP contribution in [-0.4, -0.2) is 31.1 Å². The maximum atomic E-state index is 12.6. The normalized spacial score (nSPS) is 11.6. The molecule has 0 aliphatic heterocycles. The van der Waals surface area contributed by atoms with Crippen molar-refractivity contribution < 1.29 is 27.6 Å².